The first-order valence-corrected chi connectivity index (χ1v) is 3.95. The second-order valence-electron chi connectivity index (χ2n) is 3.53. The van der Waals surface area contributed by atoms with Crippen LogP contribution in [-0.4, -0.2) is 4.92 Å². The fraction of sp³-hybridized carbons (Fsp3) is 0.333. The summed E-state index contributed by atoms with van der Waals surface area (Å²) in [5.41, 5.74) is 6.11. The molecule has 0 heterocycles. The Morgan fingerprint density at radius 2 is 2.00 bits per heavy atom. The SMILES string of the molecule is CC(C)(N)c1cccc([N+](=O)[O-])c1.Cl. The van der Waals surface area contributed by atoms with Crippen molar-refractivity contribution < 1.29 is 4.92 Å². The van der Waals surface area contributed by atoms with E-state index in [1.165, 1.54) is 12.1 Å². The summed E-state index contributed by atoms with van der Waals surface area (Å²) in [6, 6.07) is 6.38. The molecule has 2 N–H and O–H groups in total. The van der Waals surface area contributed by atoms with E-state index < -0.39 is 10.5 Å². The van der Waals surface area contributed by atoms with Gasteiger partial charge < -0.3 is 5.73 Å². The minimum absolute atomic E-state index is 0. The number of rotatable bonds is 2. The summed E-state index contributed by atoms with van der Waals surface area (Å²) in [5.74, 6) is 0. The summed E-state index contributed by atoms with van der Waals surface area (Å²) in [7, 11) is 0. The van der Waals surface area contributed by atoms with Crippen molar-refractivity contribution in [1.82, 2.24) is 0 Å². The molecule has 0 aliphatic carbocycles. The van der Waals surface area contributed by atoms with E-state index >= 15 is 0 Å². The Balaban J connectivity index is 0.00000169. The summed E-state index contributed by atoms with van der Waals surface area (Å²) in [5, 5.41) is 10.4. The van der Waals surface area contributed by atoms with Gasteiger partial charge in [0.1, 0.15) is 0 Å². The molecule has 1 aromatic carbocycles. The van der Waals surface area contributed by atoms with Crippen molar-refractivity contribution in [3.05, 3.63) is 39.9 Å². The molecule has 0 amide bonds. The quantitative estimate of drug-likeness (QED) is 0.609. The van der Waals surface area contributed by atoms with E-state index in [4.69, 9.17) is 5.73 Å². The van der Waals surface area contributed by atoms with Gasteiger partial charge in [-0.1, -0.05) is 12.1 Å². The second kappa shape index (κ2) is 4.39. The first-order valence-electron chi connectivity index (χ1n) is 3.95. The molecule has 0 spiro atoms. The molecule has 14 heavy (non-hydrogen) atoms. The van der Waals surface area contributed by atoms with Crippen molar-refractivity contribution in [2.24, 2.45) is 5.73 Å². The molecule has 1 rings (SSSR count). The molecule has 0 aliphatic rings. The van der Waals surface area contributed by atoms with Crippen molar-refractivity contribution in [2.75, 3.05) is 0 Å². The van der Waals surface area contributed by atoms with Crippen LogP contribution < -0.4 is 5.73 Å². The number of halogens is 1. The normalized spacial score (nSPS) is 10.5. The van der Waals surface area contributed by atoms with Crippen LogP contribution in [0.3, 0.4) is 0 Å². The number of hydrogen-bond donors (Lipinski definition) is 1. The number of non-ortho nitro benzene ring substituents is 1. The molecule has 0 aromatic heterocycles. The molecule has 5 heteroatoms. The van der Waals surface area contributed by atoms with Crippen molar-refractivity contribution in [3.63, 3.8) is 0 Å². The minimum atomic E-state index is -0.536. The first-order chi connectivity index (χ1) is 5.91. The molecular formula is C9H13ClN2O2. The Labute approximate surface area is 88.7 Å². The van der Waals surface area contributed by atoms with E-state index in [-0.39, 0.29) is 18.1 Å². The molecule has 0 saturated carbocycles. The molecule has 78 valence electrons. The zero-order chi connectivity index (χ0) is 10.1. The average molecular weight is 217 g/mol. The van der Waals surface area contributed by atoms with E-state index in [0.29, 0.717) is 0 Å². The van der Waals surface area contributed by atoms with Gasteiger partial charge in [-0.25, -0.2) is 0 Å². The van der Waals surface area contributed by atoms with Gasteiger partial charge in [-0.3, -0.25) is 10.1 Å². The highest BCUT2D eigenvalue weighted by Crippen LogP contribution is 2.21. The fourth-order valence-electron chi connectivity index (χ4n) is 1.02. The van der Waals surface area contributed by atoms with Crippen molar-refractivity contribution in [3.8, 4) is 0 Å². The van der Waals surface area contributed by atoms with Gasteiger partial charge >= 0.3 is 0 Å². The molecule has 4 nitrogen and oxygen atoms in total. The number of nitro benzene ring substituents is 1. The largest absolute Gasteiger partial charge is 0.322 e. The minimum Gasteiger partial charge on any atom is -0.322 e. The second-order valence-corrected chi connectivity index (χ2v) is 3.53. The van der Waals surface area contributed by atoms with Crippen LogP contribution in [0, 0.1) is 10.1 Å². The van der Waals surface area contributed by atoms with Crippen LogP contribution in [0.2, 0.25) is 0 Å². The van der Waals surface area contributed by atoms with E-state index in [1.807, 2.05) is 13.8 Å². The van der Waals surface area contributed by atoms with Gasteiger partial charge in [-0.05, 0) is 19.4 Å². The third kappa shape index (κ3) is 2.97. The molecule has 0 fully saturated rings. The lowest BCUT2D eigenvalue weighted by Gasteiger charge is -2.18. The zero-order valence-corrected chi connectivity index (χ0v) is 8.88. The summed E-state index contributed by atoms with van der Waals surface area (Å²) in [6.45, 7) is 3.62. The Morgan fingerprint density at radius 3 is 2.43 bits per heavy atom. The lowest BCUT2D eigenvalue weighted by atomic mass is 9.95. The van der Waals surface area contributed by atoms with Gasteiger partial charge in [0.05, 0.1) is 4.92 Å². The fourth-order valence-corrected chi connectivity index (χ4v) is 1.02. The van der Waals surface area contributed by atoms with Gasteiger partial charge in [0, 0.05) is 17.7 Å². The van der Waals surface area contributed by atoms with Crippen LogP contribution in [0.1, 0.15) is 19.4 Å². The highest BCUT2D eigenvalue weighted by Gasteiger charge is 2.16. The summed E-state index contributed by atoms with van der Waals surface area (Å²) < 4.78 is 0. The van der Waals surface area contributed by atoms with E-state index in [2.05, 4.69) is 0 Å². The Kier molecular flexibility index (Phi) is 4.04. The van der Waals surface area contributed by atoms with Crippen LogP contribution in [0.5, 0.6) is 0 Å². The van der Waals surface area contributed by atoms with Gasteiger partial charge in [0.25, 0.3) is 5.69 Å². The van der Waals surface area contributed by atoms with Gasteiger partial charge in [0.2, 0.25) is 0 Å². The number of hydrogen-bond acceptors (Lipinski definition) is 3. The van der Waals surface area contributed by atoms with Crippen LogP contribution >= 0.6 is 12.4 Å². The van der Waals surface area contributed by atoms with E-state index in [0.717, 1.165) is 5.56 Å². The van der Waals surface area contributed by atoms with Gasteiger partial charge in [0.15, 0.2) is 0 Å². The first kappa shape index (κ1) is 12.9. The Morgan fingerprint density at radius 1 is 1.43 bits per heavy atom. The van der Waals surface area contributed by atoms with Crippen LogP contribution in [0.15, 0.2) is 24.3 Å². The number of nitrogens with two attached hydrogens (primary N) is 1. The lowest BCUT2D eigenvalue weighted by molar-refractivity contribution is -0.385. The van der Waals surface area contributed by atoms with E-state index in [9.17, 15) is 10.1 Å². The summed E-state index contributed by atoms with van der Waals surface area (Å²) in [4.78, 5) is 10.0. The molecule has 0 saturated heterocycles. The van der Waals surface area contributed by atoms with Crippen molar-refractivity contribution >= 4 is 18.1 Å². The van der Waals surface area contributed by atoms with Gasteiger partial charge in [-0.2, -0.15) is 0 Å². The van der Waals surface area contributed by atoms with Crippen molar-refractivity contribution in [2.45, 2.75) is 19.4 Å². The Bertz CT molecular complexity index is 334. The predicted octanol–water partition coefficient (Wildman–Crippen LogP) is 2.21. The molecule has 1 aromatic rings. The van der Waals surface area contributed by atoms with Crippen LogP contribution in [-0.2, 0) is 5.54 Å². The maximum atomic E-state index is 10.4. The van der Waals surface area contributed by atoms with Crippen LogP contribution in [0.4, 0.5) is 5.69 Å². The highest BCUT2D eigenvalue weighted by molar-refractivity contribution is 5.85. The molecule has 0 unspecified atom stereocenters. The zero-order valence-electron chi connectivity index (χ0n) is 8.06. The number of benzene rings is 1. The lowest BCUT2D eigenvalue weighted by Crippen LogP contribution is -2.28. The molecule has 0 radical (unpaired) electrons. The van der Waals surface area contributed by atoms with Crippen LogP contribution in [0.25, 0.3) is 0 Å². The predicted molar refractivity (Wildman–Crippen MR) is 57.6 cm³/mol. The standard InChI is InChI=1S/C9H12N2O2.ClH/c1-9(2,10)7-4-3-5-8(6-7)11(12)13;/h3-6H,10H2,1-2H3;1H. The number of nitro groups is 1. The Hall–Kier alpha value is -1.13. The third-order valence-electron chi connectivity index (χ3n) is 1.80. The third-order valence-corrected chi connectivity index (χ3v) is 1.80. The highest BCUT2D eigenvalue weighted by atomic mass is 35.5. The summed E-state index contributed by atoms with van der Waals surface area (Å²) in [6.07, 6.45) is 0. The monoisotopic (exact) mass is 216 g/mol. The molecular weight excluding hydrogens is 204 g/mol. The van der Waals surface area contributed by atoms with Crippen molar-refractivity contribution in [1.29, 1.82) is 0 Å². The van der Waals surface area contributed by atoms with Gasteiger partial charge in [-0.15, -0.1) is 12.4 Å². The molecule has 0 bridgehead atoms. The topological polar surface area (TPSA) is 69.2 Å². The maximum Gasteiger partial charge on any atom is 0.269 e. The molecule has 0 aliphatic heterocycles. The van der Waals surface area contributed by atoms with E-state index in [1.54, 1.807) is 12.1 Å². The number of nitrogens with zero attached hydrogens (tertiary/aromatic N) is 1. The molecule has 0 atom stereocenters. The smallest absolute Gasteiger partial charge is 0.269 e. The average Bonchev–Trinajstić information content (AvgIpc) is 2.03. The maximum absolute atomic E-state index is 10.4. The summed E-state index contributed by atoms with van der Waals surface area (Å²) >= 11 is 0.